The van der Waals surface area contributed by atoms with Gasteiger partial charge in [-0.2, -0.15) is 4.99 Å². The van der Waals surface area contributed by atoms with Crippen LogP contribution in [0.5, 0.6) is 0 Å². The summed E-state index contributed by atoms with van der Waals surface area (Å²) in [6.45, 7) is 0. The lowest BCUT2D eigenvalue weighted by Gasteiger charge is -2.09. The number of fused-ring (bicyclic) bond motifs is 1. The van der Waals surface area contributed by atoms with E-state index < -0.39 is 0 Å². The molecule has 0 unspecified atom stereocenters. The molecule has 0 bridgehead atoms. The molecule has 110 valence electrons. The lowest BCUT2D eigenvalue weighted by atomic mass is 10.1. The second-order valence-electron chi connectivity index (χ2n) is 4.55. The molecule has 22 heavy (non-hydrogen) atoms. The van der Waals surface area contributed by atoms with Crippen LogP contribution in [0.25, 0.3) is 22.2 Å². The fourth-order valence-corrected chi connectivity index (χ4v) is 2.76. The maximum Gasteiger partial charge on any atom is 0.253 e. The Hall–Kier alpha value is -2.18. The lowest BCUT2D eigenvalue weighted by molar-refractivity contribution is 1.17. The highest BCUT2D eigenvalue weighted by atomic mass is 79.9. The molecule has 0 spiro atoms. The number of guanidine groups is 1. The molecular weight excluding hydrogens is 366 g/mol. The van der Waals surface area contributed by atoms with E-state index in [1.807, 2.05) is 36.4 Å². The van der Waals surface area contributed by atoms with E-state index in [1.165, 1.54) is 0 Å². The number of aliphatic imine (C=N–C) groups is 1. The van der Waals surface area contributed by atoms with Gasteiger partial charge in [0.15, 0.2) is 5.96 Å². The molecule has 7 heteroatoms. The molecule has 3 aromatic rings. The van der Waals surface area contributed by atoms with Crippen LogP contribution >= 0.6 is 27.5 Å². The highest BCUT2D eigenvalue weighted by molar-refractivity contribution is 9.10. The smallest absolute Gasteiger partial charge is 0.253 e. The number of benzene rings is 2. The fourth-order valence-electron chi connectivity index (χ4n) is 2.11. The van der Waals surface area contributed by atoms with Crippen molar-refractivity contribution in [2.24, 2.45) is 16.5 Å². The summed E-state index contributed by atoms with van der Waals surface area (Å²) < 4.78 is 0.908. The third kappa shape index (κ3) is 2.88. The first-order valence-corrected chi connectivity index (χ1v) is 7.53. The molecule has 4 N–H and O–H groups in total. The van der Waals surface area contributed by atoms with Crippen molar-refractivity contribution in [1.82, 2.24) is 9.97 Å². The first-order valence-electron chi connectivity index (χ1n) is 6.36. The van der Waals surface area contributed by atoms with E-state index in [-0.39, 0.29) is 11.9 Å². The minimum Gasteiger partial charge on any atom is -0.370 e. The predicted octanol–water partition coefficient (Wildman–Crippen LogP) is 3.62. The van der Waals surface area contributed by atoms with Gasteiger partial charge in [0.1, 0.15) is 0 Å². The number of nitrogens with two attached hydrogens (primary N) is 2. The largest absolute Gasteiger partial charge is 0.370 e. The number of hydrogen-bond donors (Lipinski definition) is 2. The van der Waals surface area contributed by atoms with Crippen LogP contribution < -0.4 is 11.5 Å². The third-order valence-electron chi connectivity index (χ3n) is 3.00. The second-order valence-corrected chi connectivity index (χ2v) is 5.84. The monoisotopic (exact) mass is 375 g/mol. The van der Waals surface area contributed by atoms with E-state index in [9.17, 15) is 0 Å². The average Bonchev–Trinajstić information content (AvgIpc) is 2.47. The highest BCUT2D eigenvalue weighted by Gasteiger charge is 2.12. The van der Waals surface area contributed by atoms with E-state index in [2.05, 4.69) is 30.9 Å². The van der Waals surface area contributed by atoms with Gasteiger partial charge >= 0.3 is 0 Å². The van der Waals surface area contributed by atoms with Gasteiger partial charge in [0, 0.05) is 20.4 Å². The average molecular weight is 377 g/mol. The van der Waals surface area contributed by atoms with Gasteiger partial charge in [-0.1, -0.05) is 45.7 Å². The van der Waals surface area contributed by atoms with Gasteiger partial charge in [-0.3, -0.25) is 0 Å². The van der Waals surface area contributed by atoms with Gasteiger partial charge in [-0.25, -0.2) is 9.97 Å². The maximum atomic E-state index is 6.11. The summed E-state index contributed by atoms with van der Waals surface area (Å²) in [5, 5.41) is 1.44. The zero-order valence-corrected chi connectivity index (χ0v) is 13.6. The van der Waals surface area contributed by atoms with Gasteiger partial charge < -0.3 is 11.5 Å². The van der Waals surface area contributed by atoms with E-state index in [0.29, 0.717) is 16.2 Å². The van der Waals surface area contributed by atoms with Crippen LogP contribution in [-0.4, -0.2) is 15.9 Å². The molecule has 3 rings (SSSR count). The van der Waals surface area contributed by atoms with Gasteiger partial charge in [0.2, 0.25) is 0 Å². The predicted molar refractivity (Wildman–Crippen MR) is 93.2 cm³/mol. The van der Waals surface area contributed by atoms with Crippen molar-refractivity contribution in [3.63, 3.8) is 0 Å². The molecule has 0 saturated heterocycles. The second kappa shape index (κ2) is 5.90. The minimum atomic E-state index is -0.0913. The van der Waals surface area contributed by atoms with Crippen LogP contribution in [-0.2, 0) is 0 Å². The lowest BCUT2D eigenvalue weighted by Crippen LogP contribution is -2.22. The fraction of sp³-hybridized carbons (Fsp3) is 0. The number of rotatable bonds is 2. The van der Waals surface area contributed by atoms with Crippen LogP contribution in [0, 0.1) is 0 Å². The summed E-state index contributed by atoms with van der Waals surface area (Å²) in [4.78, 5) is 12.8. The van der Waals surface area contributed by atoms with Crippen LogP contribution in [0.2, 0.25) is 5.02 Å². The summed E-state index contributed by atoms with van der Waals surface area (Å²) in [6, 6.07) is 13.1. The SMILES string of the molecule is NC(N)=Nc1nc(-c2ccccc2Br)c2cc(Cl)ccc2n1. The van der Waals surface area contributed by atoms with E-state index in [1.54, 1.807) is 6.07 Å². The van der Waals surface area contributed by atoms with Gasteiger partial charge in [0.05, 0.1) is 11.2 Å². The number of nitrogens with zero attached hydrogens (tertiary/aromatic N) is 3. The van der Waals surface area contributed by atoms with E-state index in [4.69, 9.17) is 23.1 Å². The van der Waals surface area contributed by atoms with Crippen LogP contribution in [0.1, 0.15) is 0 Å². The molecule has 0 aliphatic heterocycles. The molecule has 0 radical (unpaired) electrons. The summed E-state index contributed by atoms with van der Waals surface area (Å²) in [7, 11) is 0. The van der Waals surface area contributed by atoms with Crippen molar-refractivity contribution in [3.8, 4) is 11.3 Å². The van der Waals surface area contributed by atoms with E-state index >= 15 is 0 Å². The number of halogens is 2. The van der Waals surface area contributed by atoms with Gasteiger partial charge in [-0.15, -0.1) is 0 Å². The Morgan fingerprint density at radius 3 is 2.59 bits per heavy atom. The Morgan fingerprint density at radius 1 is 1.09 bits per heavy atom. The van der Waals surface area contributed by atoms with Crippen molar-refractivity contribution in [3.05, 3.63) is 52.0 Å². The van der Waals surface area contributed by atoms with Crippen LogP contribution in [0.3, 0.4) is 0 Å². The highest BCUT2D eigenvalue weighted by Crippen LogP contribution is 2.33. The Kier molecular flexibility index (Phi) is 3.96. The van der Waals surface area contributed by atoms with Crippen molar-refractivity contribution in [2.45, 2.75) is 0 Å². The molecule has 0 saturated carbocycles. The molecule has 2 aromatic carbocycles. The molecular formula is C15H11BrClN5. The van der Waals surface area contributed by atoms with E-state index in [0.717, 1.165) is 15.4 Å². The first kappa shape index (κ1) is 14.7. The van der Waals surface area contributed by atoms with Crippen LogP contribution in [0.15, 0.2) is 51.9 Å². The summed E-state index contributed by atoms with van der Waals surface area (Å²) in [5.41, 5.74) is 13.2. The van der Waals surface area contributed by atoms with Crippen LogP contribution in [0.4, 0.5) is 5.95 Å². The number of aromatic nitrogens is 2. The molecule has 0 aliphatic carbocycles. The Morgan fingerprint density at radius 2 is 1.86 bits per heavy atom. The summed E-state index contributed by atoms with van der Waals surface area (Å²) in [6.07, 6.45) is 0. The van der Waals surface area contributed by atoms with Crippen molar-refractivity contribution >= 4 is 50.3 Å². The summed E-state index contributed by atoms with van der Waals surface area (Å²) >= 11 is 9.64. The Balaban J connectivity index is 2.37. The van der Waals surface area contributed by atoms with Gasteiger partial charge in [-0.05, 0) is 24.3 Å². The molecule has 1 heterocycles. The zero-order valence-electron chi connectivity index (χ0n) is 11.3. The quantitative estimate of drug-likeness (QED) is 0.528. The Labute approximate surface area is 140 Å². The molecule has 1 aromatic heterocycles. The van der Waals surface area contributed by atoms with Crippen molar-refractivity contribution in [2.75, 3.05) is 0 Å². The normalized spacial score (nSPS) is 10.6. The molecule has 0 amide bonds. The molecule has 0 aliphatic rings. The molecule has 5 nitrogen and oxygen atoms in total. The Bertz CT molecular complexity index is 890. The third-order valence-corrected chi connectivity index (χ3v) is 3.93. The number of hydrogen-bond acceptors (Lipinski definition) is 3. The van der Waals surface area contributed by atoms with Gasteiger partial charge in [0.25, 0.3) is 5.95 Å². The molecule has 0 atom stereocenters. The van der Waals surface area contributed by atoms with Crippen molar-refractivity contribution < 1.29 is 0 Å². The van der Waals surface area contributed by atoms with Crippen molar-refractivity contribution in [1.29, 1.82) is 0 Å². The minimum absolute atomic E-state index is 0.0913. The topological polar surface area (TPSA) is 90.2 Å². The standard InChI is InChI=1S/C15H11BrClN5/c16-11-4-2-1-3-9(11)13-10-7-8(17)5-6-12(10)20-15(21-13)22-14(18)19/h1-7H,(H4,18,19,20,21,22). The summed E-state index contributed by atoms with van der Waals surface area (Å²) in [5.74, 6) is 0.118. The zero-order chi connectivity index (χ0) is 15.7. The molecule has 0 fully saturated rings. The first-order chi connectivity index (χ1) is 10.5. The maximum absolute atomic E-state index is 6.11.